The second-order valence-electron chi connectivity index (χ2n) is 39.3. The Morgan fingerprint density at radius 1 is 0.168 bits per heavy atom. The fourth-order valence-corrected chi connectivity index (χ4v) is 22.6. The summed E-state index contributed by atoms with van der Waals surface area (Å²) in [4.78, 5) is 59.7. The Hall–Kier alpha value is -19.3. The van der Waals surface area contributed by atoms with Crippen molar-refractivity contribution >= 4 is 10.8 Å². The number of rotatable bonds is 15. The number of hydrogen-bond acceptors (Lipinski definition) is 12. The summed E-state index contributed by atoms with van der Waals surface area (Å²) < 4.78 is 0. The third kappa shape index (κ3) is 16.1. The van der Waals surface area contributed by atoms with Gasteiger partial charge in [-0.2, -0.15) is 0 Å². The van der Waals surface area contributed by atoms with E-state index >= 15 is 0 Å². The van der Waals surface area contributed by atoms with Gasteiger partial charge < -0.3 is 0 Å². The van der Waals surface area contributed by atoms with Crippen LogP contribution in [0.4, 0.5) is 0 Å². The molecule has 0 aliphatic heterocycles. The first kappa shape index (κ1) is 89.8. The summed E-state index contributed by atoms with van der Waals surface area (Å²) in [6.45, 7) is 9.24. The normalized spacial score (nSPS) is 12.9. The van der Waals surface area contributed by atoms with E-state index in [4.69, 9.17) is 49.8 Å². The molecule has 0 atom stereocenters. The Morgan fingerprint density at radius 2 is 0.490 bits per heavy atom. The first-order valence-electron chi connectivity index (χ1n) is 50.5. The lowest BCUT2D eigenvalue weighted by atomic mass is 9.70. The van der Waals surface area contributed by atoms with Crippen molar-refractivity contribution in [2.24, 2.45) is 0 Å². The molecule has 149 heavy (non-hydrogen) atoms. The molecular weight excluding hydrogens is 1810 g/mol. The van der Waals surface area contributed by atoms with E-state index < -0.39 is 5.41 Å². The summed E-state index contributed by atoms with van der Waals surface area (Å²) >= 11 is 0. The van der Waals surface area contributed by atoms with E-state index in [0.29, 0.717) is 52.4 Å². The van der Waals surface area contributed by atoms with Gasteiger partial charge in [0, 0.05) is 96.8 Å². The molecular formula is C137H94N12. The van der Waals surface area contributed by atoms with E-state index in [2.05, 4.69) is 432 Å². The van der Waals surface area contributed by atoms with Crippen LogP contribution in [0.2, 0.25) is 0 Å². The molecule has 12 heteroatoms. The summed E-state index contributed by atoms with van der Waals surface area (Å²) in [6, 6.07) is 166. The van der Waals surface area contributed by atoms with Crippen LogP contribution < -0.4 is 0 Å². The van der Waals surface area contributed by atoms with Crippen LogP contribution >= 0.6 is 0 Å². The van der Waals surface area contributed by atoms with Crippen molar-refractivity contribution in [3.63, 3.8) is 0 Å². The molecule has 0 fully saturated rings. The molecule has 4 aliphatic rings. The molecule has 4 aliphatic carbocycles. The van der Waals surface area contributed by atoms with Gasteiger partial charge in [-0.1, -0.05) is 458 Å². The van der Waals surface area contributed by atoms with E-state index in [1.807, 2.05) is 104 Å². The number of nitrogens with zero attached hydrogens (tertiary/aromatic N) is 12. The van der Waals surface area contributed by atoms with Gasteiger partial charge in [-0.05, 0) is 187 Å². The SMILES string of the molecule is CC1(C)c2ccc(-c3nc(-c4ccc(-c5ccccc5)cc4)nc(-c4ccc(-c5ccccc5)nc4)n3)cc2-c2ccc3ccccc3c21.CC1(C)c2ccccc2-c2c(-c3nc(-c4ccc(-c5ccccc5)cc4)nc(-c4ccc(-c5ccccn5)cc4)n3)cccc21.c1ccc(-c2ccc(-c3nc(-c4ccc(-c5ccncc5)cc4)nc(-c4cccc5c4-c4ccccc4C54c5ccccc5-c5ccccc54)n3)cc2)cc1. The lowest BCUT2D eigenvalue weighted by Crippen LogP contribution is -2.25. The van der Waals surface area contributed by atoms with Crippen molar-refractivity contribution in [1.29, 1.82) is 0 Å². The Kier molecular flexibility index (Phi) is 22.6. The quantitative estimate of drug-likeness (QED) is 0.0959. The molecule has 28 rings (SSSR count). The van der Waals surface area contributed by atoms with Gasteiger partial charge in [0.2, 0.25) is 0 Å². The molecule has 0 saturated carbocycles. The zero-order valence-electron chi connectivity index (χ0n) is 82.2. The molecule has 0 radical (unpaired) electrons. The zero-order valence-corrected chi connectivity index (χ0v) is 82.2. The van der Waals surface area contributed by atoms with Crippen molar-refractivity contribution in [2.45, 2.75) is 43.9 Å². The standard InChI is InChI=1S/C51H32N4.C45H32N4.C41H30N4/c1-2-11-33(12-3-1)34-21-25-37(26-22-34)48-53-49(38-27-23-35(24-28-38)36-29-31-52-32-30-36)55-50(54-48)42-16-10-20-46-47(42)41-15-6-9-19-45(41)51(46)43-17-7-4-13-39(43)40-14-5-8-18-44(40)51;1-45(2)39-25-22-34(27-38(39)37-24-21-31-13-9-10-16-36(31)41(37)45)43-47-42(33-19-17-30(18-20-33)29-11-5-3-6-12-29)48-44(49-43)35-23-26-40(46-28-35)32-14-7-4-8-15-32;1-41(2)34-15-7-6-13-32(34)37-33(14-10-16-35(37)41)40-44-38(30-22-18-28(19-23-30)27-11-4-3-5-12-27)43-39(45-40)31-24-20-29(21-25-31)36-17-8-9-26-42-36/h1-32H;3-28H,1-2H3;3-26H,1-2H3. The predicted molar refractivity (Wildman–Crippen MR) is 603 cm³/mol. The topological polar surface area (TPSA) is 155 Å². The van der Waals surface area contributed by atoms with Crippen LogP contribution in [0.15, 0.2) is 498 Å². The largest absolute Gasteiger partial charge is 0.265 e. The minimum atomic E-state index is -0.454. The smallest absolute Gasteiger partial charge is 0.165 e. The molecule has 6 heterocycles. The van der Waals surface area contributed by atoms with Crippen molar-refractivity contribution in [1.82, 2.24) is 59.8 Å². The maximum Gasteiger partial charge on any atom is 0.165 e. The van der Waals surface area contributed by atoms with Crippen molar-refractivity contribution in [2.75, 3.05) is 0 Å². The maximum absolute atomic E-state index is 5.29. The van der Waals surface area contributed by atoms with E-state index in [-0.39, 0.29) is 10.8 Å². The molecule has 24 aromatic rings. The maximum atomic E-state index is 5.29. The van der Waals surface area contributed by atoms with E-state index in [1.165, 1.54) is 116 Å². The molecule has 18 aromatic carbocycles. The number of aromatic nitrogens is 12. The Labute approximate surface area is 865 Å². The first-order chi connectivity index (χ1) is 73.4. The van der Waals surface area contributed by atoms with Crippen molar-refractivity contribution in [3.05, 3.63) is 542 Å². The monoisotopic (exact) mass is 1910 g/mol. The summed E-state index contributed by atoms with van der Waals surface area (Å²) in [7, 11) is 0. The third-order valence-electron chi connectivity index (χ3n) is 29.9. The van der Waals surface area contributed by atoms with Gasteiger partial charge in [0.15, 0.2) is 52.4 Å². The van der Waals surface area contributed by atoms with Crippen LogP contribution in [0.1, 0.15) is 72.2 Å². The summed E-state index contributed by atoms with van der Waals surface area (Å²) in [6.07, 6.45) is 7.31. The number of pyridine rings is 3. The minimum Gasteiger partial charge on any atom is -0.265 e. The molecule has 0 saturated heterocycles. The number of fused-ring (bicyclic) bond motifs is 18. The van der Waals surface area contributed by atoms with Gasteiger partial charge in [0.1, 0.15) is 0 Å². The molecule has 12 nitrogen and oxygen atoms in total. The average Bonchev–Trinajstić information content (AvgIpc) is 1.51. The molecule has 0 amide bonds. The fraction of sp³-hybridized carbons (Fsp3) is 0.0511. The third-order valence-corrected chi connectivity index (χ3v) is 29.9. The second kappa shape index (κ2) is 37.5. The van der Waals surface area contributed by atoms with Crippen LogP contribution in [0, 0.1) is 0 Å². The van der Waals surface area contributed by atoms with Crippen LogP contribution in [-0.2, 0) is 16.2 Å². The van der Waals surface area contributed by atoms with Gasteiger partial charge in [-0.15, -0.1) is 0 Å². The van der Waals surface area contributed by atoms with Gasteiger partial charge in [0.05, 0.1) is 16.8 Å². The van der Waals surface area contributed by atoms with Crippen molar-refractivity contribution in [3.8, 4) is 214 Å². The Morgan fingerprint density at radius 3 is 0.960 bits per heavy atom. The predicted octanol–water partition coefficient (Wildman–Crippen LogP) is 32.9. The fourth-order valence-electron chi connectivity index (χ4n) is 22.6. The zero-order chi connectivity index (χ0) is 99.7. The van der Waals surface area contributed by atoms with Gasteiger partial charge in [-0.3, -0.25) is 15.0 Å². The number of hydrogen-bond donors (Lipinski definition) is 0. The van der Waals surface area contributed by atoms with E-state index in [1.54, 1.807) is 0 Å². The minimum absolute atomic E-state index is 0.116. The van der Waals surface area contributed by atoms with Gasteiger partial charge in [0.25, 0.3) is 0 Å². The molecule has 0 unspecified atom stereocenters. The van der Waals surface area contributed by atoms with Crippen molar-refractivity contribution < 1.29 is 0 Å². The molecule has 1 spiro atoms. The first-order valence-corrected chi connectivity index (χ1v) is 50.5. The van der Waals surface area contributed by atoms with E-state index in [9.17, 15) is 0 Å². The molecule has 702 valence electrons. The molecule has 6 aromatic heterocycles. The van der Waals surface area contributed by atoms with E-state index in [0.717, 1.165) is 100 Å². The van der Waals surface area contributed by atoms with Crippen LogP contribution in [0.25, 0.3) is 225 Å². The summed E-state index contributed by atoms with van der Waals surface area (Å²) in [5.41, 5.74) is 41.2. The highest BCUT2D eigenvalue weighted by atomic mass is 15.1. The van der Waals surface area contributed by atoms with Crippen LogP contribution in [0.3, 0.4) is 0 Å². The average molecular weight is 1910 g/mol. The van der Waals surface area contributed by atoms with Crippen LogP contribution in [-0.4, -0.2) is 59.8 Å². The highest BCUT2D eigenvalue weighted by Gasteiger charge is 2.52. The highest BCUT2D eigenvalue weighted by Crippen LogP contribution is 2.64. The highest BCUT2D eigenvalue weighted by molar-refractivity contribution is 6.02. The van der Waals surface area contributed by atoms with Gasteiger partial charge in [-0.25, -0.2) is 44.9 Å². The molecule has 0 bridgehead atoms. The Bertz CT molecular complexity index is 8890. The Balaban J connectivity index is 0.000000114. The summed E-state index contributed by atoms with van der Waals surface area (Å²) in [5.74, 6) is 5.70. The lowest BCUT2D eigenvalue weighted by molar-refractivity contribution is 0.660. The summed E-state index contributed by atoms with van der Waals surface area (Å²) in [5, 5.41) is 2.57. The second-order valence-corrected chi connectivity index (χ2v) is 39.3. The lowest BCUT2D eigenvalue weighted by Gasteiger charge is -2.30. The van der Waals surface area contributed by atoms with Gasteiger partial charge >= 0.3 is 0 Å². The number of benzene rings is 18. The van der Waals surface area contributed by atoms with Crippen LogP contribution in [0.5, 0.6) is 0 Å². The molecule has 0 N–H and O–H groups in total.